The van der Waals surface area contributed by atoms with Crippen molar-refractivity contribution in [3.63, 3.8) is 0 Å². The SMILES string of the molecule is COc1c(/C(C)=C/C(=O)Nc2ccc(C)c(Cl)c2)cc2c(-c3ccc4ccccc4c3)coc2c1C. The van der Waals surface area contributed by atoms with E-state index in [9.17, 15) is 4.79 Å². The minimum Gasteiger partial charge on any atom is -0.496 e. The second-order valence-electron chi connectivity index (χ2n) is 8.95. The van der Waals surface area contributed by atoms with Gasteiger partial charge in [-0.3, -0.25) is 4.79 Å². The van der Waals surface area contributed by atoms with E-state index in [-0.39, 0.29) is 5.91 Å². The average Bonchev–Trinajstić information content (AvgIpc) is 3.30. The maximum absolute atomic E-state index is 12.8. The van der Waals surface area contributed by atoms with Crippen LogP contribution in [0.15, 0.2) is 83.5 Å². The third-order valence-electron chi connectivity index (χ3n) is 6.52. The number of aryl methyl sites for hydroxylation is 2. The molecule has 1 aromatic heterocycles. The van der Waals surface area contributed by atoms with Gasteiger partial charge < -0.3 is 14.5 Å². The van der Waals surface area contributed by atoms with Crippen LogP contribution in [0.25, 0.3) is 38.4 Å². The Balaban J connectivity index is 1.56. The first kappa shape index (κ1) is 23.7. The fourth-order valence-electron chi connectivity index (χ4n) is 4.58. The van der Waals surface area contributed by atoms with E-state index in [1.54, 1.807) is 25.5 Å². The lowest BCUT2D eigenvalue weighted by atomic mass is 9.95. The van der Waals surface area contributed by atoms with Crippen molar-refractivity contribution >= 4 is 50.5 Å². The minimum absolute atomic E-state index is 0.242. The first-order valence-corrected chi connectivity index (χ1v) is 12.1. The van der Waals surface area contributed by atoms with E-state index in [1.807, 2.05) is 51.1 Å². The molecule has 0 aliphatic heterocycles. The van der Waals surface area contributed by atoms with Crippen molar-refractivity contribution < 1.29 is 13.9 Å². The standard InChI is InChI=1S/C31H26ClNO3/c1-18-9-12-24(15-28(18)32)33-29(34)13-19(2)25-16-26-27(17-36-31(26)20(3)30(25)35-4)23-11-10-21-7-5-6-8-22(21)14-23/h5-17H,1-4H3,(H,33,34)/b19-13+. The van der Waals surface area contributed by atoms with Crippen LogP contribution in [0.3, 0.4) is 0 Å². The molecule has 0 unspecified atom stereocenters. The summed E-state index contributed by atoms with van der Waals surface area (Å²) in [5.74, 6) is 0.441. The van der Waals surface area contributed by atoms with Crippen LogP contribution in [0.4, 0.5) is 5.69 Å². The van der Waals surface area contributed by atoms with E-state index < -0.39 is 0 Å². The van der Waals surface area contributed by atoms with Gasteiger partial charge in [-0.15, -0.1) is 0 Å². The van der Waals surface area contributed by atoms with Crippen molar-refractivity contribution in [2.75, 3.05) is 12.4 Å². The number of hydrogen-bond donors (Lipinski definition) is 1. The summed E-state index contributed by atoms with van der Waals surface area (Å²) in [5, 5.41) is 6.82. The quantitative estimate of drug-likeness (QED) is 0.248. The summed E-state index contributed by atoms with van der Waals surface area (Å²) < 4.78 is 11.8. The molecule has 5 heteroatoms. The number of furan rings is 1. The third kappa shape index (κ3) is 4.36. The number of rotatable bonds is 5. The van der Waals surface area contributed by atoms with Crippen LogP contribution < -0.4 is 10.1 Å². The third-order valence-corrected chi connectivity index (χ3v) is 6.93. The molecule has 4 aromatic carbocycles. The fourth-order valence-corrected chi connectivity index (χ4v) is 4.76. The van der Waals surface area contributed by atoms with E-state index in [2.05, 4.69) is 35.6 Å². The number of amides is 1. The highest BCUT2D eigenvalue weighted by molar-refractivity contribution is 6.31. The number of carbonyl (C=O) groups excluding carboxylic acids is 1. The number of anilines is 1. The summed E-state index contributed by atoms with van der Waals surface area (Å²) in [6, 6.07) is 22.2. The molecule has 0 saturated carbocycles. The molecule has 0 fully saturated rings. The van der Waals surface area contributed by atoms with Crippen LogP contribution in [-0.4, -0.2) is 13.0 Å². The number of nitrogens with one attached hydrogen (secondary N) is 1. The minimum atomic E-state index is -0.242. The second-order valence-corrected chi connectivity index (χ2v) is 9.36. The van der Waals surface area contributed by atoms with Gasteiger partial charge in [0.2, 0.25) is 5.91 Å². The number of methoxy groups -OCH3 is 1. The Morgan fingerprint density at radius 2 is 1.78 bits per heavy atom. The van der Waals surface area contributed by atoms with E-state index in [4.69, 9.17) is 20.8 Å². The van der Waals surface area contributed by atoms with Gasteiger partial charge in [-0.1, -0.05) is 54.1 Å². The second kappa shape index (κ2) is 9.56. The zero-order chi connectivity index (χ0) is 25.4. The number of hydrogen-bond acceptors (Lipinski definition) is 3. The predicted molar refractivity (Wildman–Crippen MR) is 149 cm³/mol. The normalized spacial score (nSPS) is 11.8. The number of fused-ring (bicyclic) bond motifs is 2. The highest BCUT2D eigenvalue weighted by Crippen LogP contribution is 2.41. The van der Waals surface area contributed by atoms with Gasteiger partial charge in [0, 0.05) is 38.9 Å². The fraction of sp³-hybridized carbons (Fsp3) is 0.129. The van der Waals surface area contributed by atoms with Crippen LogP contribution in [0.1, 0.15) is 23.6 Å². The monoisotopic (exact) mass is 495 g/mol. The average molecular weight is 496 g/mol. The molecule has 1 heterocycles. The molecule has 0 aliphatic carbocycles. The first-order chi connectivity index (χ1) is 17.4. The lowest BCUT2D eigenvalue weighted by Crippen LogP contribution is -2.09. The topological polar surface area (TPSA) is 51.5 Å². The van der Waals surface area contributed by atoms with Crippen LogP contribution in [0, 0.1) is 13.8 Å². The van der Waals surface area contributed by atoms with Crippen LogP contribution in [-0.2, 0) is 4.79 Å². The van der Waals surface area contributed by atoms with Gasteiger partial charge in [0.05, 0.1) is 13.4 Å². The van der Waals surface area contributed by atoms with Crippen molar-refractivity contribution in [2.45, 2.75) is 20.8 Å². The molecule has 0 aliphatic rings. The smallest absolute Gasteiger partial charge is 0.248 e. The summed E-state index contributed by atoms with van der Waals surface area (Å²) >= 11 is 6.21. The zero-order valence-electron chi connectivity index (χ0n) is 20.6. The predicted octanol–water partition coefficient (Wildman–Crippen LogP) is 8.57. The molecule has 36 heavy (non-hydrogen) atoms. The van der Waals surface area contributed by atoms with Gasteiger partial charge >= 0.3 is 0 Å². The summed E-state index contributed by atoms with van der Waals surface area (Å²) in [4.78, 5) is 12.8. The Kier molecular flexibility index (Phi) is 6.29. The zero-order valence-corrected chi connectivity index (χ0v) is 21.4. The summed E-state index contributed by atoms with van der Waals surface area (Å²) in [5.41, 5.74) is 6.93. The maximum atomic E-state index is 12.8. The largest absolute Gasteiger partial charge is 0.496 e. The van der Waals surface area contributed by atoms with Crippen molar-refractivity contribution in [2.24, 2.45) is 0 Å². The van der Waals surface area contributed by atoms with Crippen molar-refractivity contribution in [3.05, 3.63) is 101 Å². The van der Waals surface area contributed by atoms with Gasteiger partial charge in [-0.2, -0.15) is 0 Å². The molecule has 0 radical (unpaired) electrons. The summed E-state index contributed by atoms with van der Waals surface area (Å²) in [7, 11) is 1.63. The Labute approximate surface area is 215 Å². The Bertz CT molecular complexity index is 1660. The lowest BCUT2D eigenvalue weighted by molar-refractivity contribution is -0.111. The van der Waals surface area contributed by atoms with Gasteiger partial charge in [0.1, 0.15) is 11.3 Å². The highest BCUT2D eigenvalue weighted by Gasteiger charge is 2.19. The molecule has 0 saturated heterocycles. The molecule has 180 valence electrons. The first-order valence-electron chi connectivity index (χ1n) is 11.7. The van der Waals surface area contributed by atoms with E-state index in [0.29, 0.717) is 16.5 Å². The molecule has 1 N–H and O–H groups in total. The molecule has 5 aromatic rings. The molecular formula is C31H26ClNO3. The van der Waals surface area contributed by atoms with Crippen LogP contribution >= 0.6 is 11.6 Å². The molecule has 0 bridgehead atoms. The summed E-state index contributed by atoms with van der Waals surface area (Å²) in [6.07, 6.45) is 3.37. The molecule has 0 spiro atoms. The molecule has 5 rings (SSSR count). The maximum Gasteiger partial charge on any atom is 0.248 e. The Hall–Kier alpha value is -4.02. The molecule has 4 nitrogen and oxygen atoms in total. The van der Waals surface area contributed by atoms with Crippen LogP contribution in [0.5, 0.6) is 5.75 Å². The number of halogens is 1. The Morgan fingerprint density at radius 3 is 2.53 bits per heavy atom. The molecular weight excluding hydrogens is 470 g/mol. The molecule has 1 amide bonds. The van der Waals surface area contributed by atoms with Crippen LogP contribution in [0.2, 0.25) is 5.02 Å². The highest BCUT2D eigenvalue weighted by atomic mass is 35.5. The van der Waals surface area contributed by atoms with Crippen molar-refractivity contribution in [1.29, 1.82) is 0 Å². The van der Waals surface area contributed by atoms with E-state index in [1.165, 1.54) is 10.8 Å². The van der Waals surface area contributed by atoms with Gasteiger partial charge in [-0.25, -0.2) is 0 Å². The van der Waals surface area contributed by atoms with Crippen molar-refractivity contribution in [3.8, 4) is 16.9 Å². The van der Waals surface area contributed by atoms with Gasteiger partial charge in [0.15, 0.2) is 0 Å². The number of ether oxygens (including phenoxy) is 1. The number of carbonyl (C=O) groups is 1. The van der Waals surface area contributed by atoms with Gasteiger partial charge in [-0.05, 0) is 72.5 Å². The summed E-state index contributed by atoms with van der Waals surface area (Å²) in [6.45, 7) is 5.80. The lowest BCUT2D eigenvalue weighted by Gasteiger charge is -2.13. The number of allylic oxidation sites excluding steroid dienone is 1. The Morgan fingerprint density at radius 1 is 1.00 bits per heavy atom. The molecule has 0 atom stereocenters. The van der Waals surface area contributed by atoms with Gasteiger partial charge in [0.25, 0.3) is 0 Å². The van der Waals surface area contributed by atoms with Crippen molar-refractivity contribution in [1.82, 2.24) is 0 Å². The van der Waals surface area contributed by atoms with E-state index in [0.717, 1.165) is 44.4 Å². The van der Waals surface area contributed by atoms with E-state index >= 15 is 0 Å². The number of benzene rings is 4.